The Kier molecular flexibility index (Phi) is 6.63. The Morgan fingerprint density at radius 2 is 1.56 bits per heavy atom. The maximum absolute atomic E-state index is 14.0. The fourth-order valence-electron chi connectivity index (χ4n) is 4.86. The Bertz CT molecular complexity index is 1290. The first-order valence-corrected chi connectivity index (χ1v) is 11.9. The zero-order valence-electron chi connectivity index (χ0n) is 20.0. The van der Waals surface area contributed by atoms with E-state index in [1.54, 1.807) is 31.2 Å². The number of carbonyl (C=O) groups excluding carboxylic acids is 3. The standard InChI is InChI=1S/C30H30O4/c1-5-6-9-23-26(25-18(4)27(31)20-10-7-8-11-21(20)29(25)33)30(34)24-16-19(13-12-17(2)3)14-15-22(24)28(23)32/h7-8,10-11,14-16,28,32H,2,5-6,9,12-13H2,1,3-4H3. The zero-order chi connectivity index (χ0) is 24.6. The van der Waals surface area contributed by atoms with Gasteiger partial charge in [-0.05, 0) is 62.3 Å². The lowest BCUT2D eigenvalue weighted by molar-refractivity contribution is 0.0959. The zero-order valence-corrected chi connectivity index (χ0v) is 20.0. The second-order valence-electron chi connectivity index (χ2n) is 9.32. The summed E-state index contributed by atoms with van der Waals surface area (Å²) in [5.41, 5.74) is 4.79. The van der Waals surface area contributed by atoms with Crippen LogP contribution in [0.3, 0.4) is 0 Å². The number of carbonyl (C=O) groups is 3. The summed E-state index contributed by atoms with van der Waals surface area (Å²) in [4.78, 5) is 40.7. The second kappa shape index (κ2) is 9.47. The van der Waals surface area contributed by atoms with Crippen LogP contribution < -0.4 is 0 Å². The third-order valence-electron chi connectivity index (χ3n) is 6.78. The molecule has 1 unspecified atom stereocenters. The number of aliphatic hydroxyl groups excluding tert-OH is 1. The van der Waals surface area contributed by atoms with Crippen molar-refractivity contribution in [3.8, 4) is 0 Å². The van der Waals surface area contributed by atoms with Gasteiger partial charge in [0.1, 0.15) is 6.10 Å². The predicted molar refractivity (Wildman–Crippen MR) is 133 cm³/mol. The molecule has 4 nitrogen and oxygen atoms in total. The molecule has 34 heavy (non-hydrogen) atoms. The number of benzene rings is 2. The summed E-state index contributed by atoms with van der Waals surface area (Å²) in [6.07, 6.45) is 2.66. The number of allylic oxidation sites excluding steroid dienone is 4. The van der Waals surface area contributed by atoms with Gasteiger partial charge in [-0.2, -0.15) is 0 Å². The van der Waals surface area contributed by atoms with E-state index in [2.05, 4.69) is 6.58 Å². The maximum atomic E-state index is 14.0. The van der Waals surface area contributed by atoms with Crippen LogP contribution in [0.1, 0.15) is 94.8 Å². The fraction of sp³-hybridized carbons (Fsp3) is 0.300. The number of aliphatic hydroxyl groups is 1. The molecule has 174 valence electrons. The first-order valence-electron chi connectivity index (χ1n) is 11.9. The molecule has 0 heterocycles. The average Bonchev–Trinajstić information content (AvgIpc) is 2.83. The Morgan fingerprint density at radius 1 is 0.912 bits per heavy atom. The highest BCUT2D eigenvalue weighted by Gasteiger charge is 2.40. The molecule has 0 aliphatic heterocycles. The maximum Gasteiger partial charge on any atom is 0.194 e. The summed E-state index contributed by atoms with van der Waals surface area (Å²) in [6.45, 7) is 9.56. The fourth-order valence-corrected chi connectivity index (χ4v) is 4.86. The molecule has 0 saturated heterocycles. The minimum absolute atomic E-state index is 0.136. The normalized spacial score (nSPS) is 17.8. The molecule has 2 aromatic carbocycles. The molecule has 1 atom stereocenters. The highest BCUT2D eigenvalue weighted by atomic mass is 16.3. The van der Waals surface area contributed by atoms with Crippen LogP contribution in [-0.4, -0.2) is 22.5 Å². The number of aryl methyl sites for hydroxylation is 1. The first kappa shape index (κ1) is 23.8. The van der Waals surface area contributed by atoms with Gasteiger partial charge in [0.05, 0.1) is 0 Å². The molecule has 2 aliphatic rings. The van der Waals surface area contributed by atoms with E-state index in [4.69, 9.17) is 0 Å². The van der Waals surface area contributed by atoms with Crippen molar-refractivity contribution >= 4 is 17.3 Å². The number of fused-ring (bicyclic) bond motifs is 2. The van der Waals surface area contributed by atoms with Gasteiger partial charge in [0.15, 0.2) is 17.3 Å². The quantitative estimate of drug-likeness (QED) is 0.498. The van der Waals surface area contributed by atoms with Crippen molar-refractivity contribution in [2.24, 2.45) is 0 Å². The van der Waals surface area contributed by atoms with Crippen LogP contribution in [0.25, 0.3) is 0 Å². The summed E-state index contributed by atoms with van der Waals surface area (Å²) in [5.74, 6) is -0.881. The number of hydrogen-bond acceptors (Lipinski definition) is 4. The van der Waals surface area contributed by atoms with Crippen molar-refractivity contribution in [2.45, 2.75) is 59.0 Å². The van der Waals surface area contributed by atoms with Gasteiger partial charge < -0.3 is 5.11 Å². The number of rotatable bonds is 7. The summed E-state index contributed by atoms with van der Waals surface area (Å²) in [7, 11) is 0. The van der Waals surface area contributed by atoms with Crippen LogP contribution >= 0.6 is 0 Å². The number of ketones is 3. The molecule has 2 aliphatic carbocycles. The average molecular weight is 455 g/mol. The summed E-state index contributed by atoms with van der Waals surface area (Å²) in [6, 6.07) is 12.3. The van der Waals surface area contributed by atoms with Crippen LogP contribution in [-0.2, 0) is 6.42 Å². The highest BCUT2D eigenvalue weighted by Crippen LogP contribution is 2.43. The van der Waals surface area contributed by atoms with E-state index in [-0.39, 0.29) is 34.1 Å². The Balaban J connectivity index is 1.89. The van der Waals surface area contributed by atoms with Crippen LogP contribution in [0.15, 0.2) is 76.9 Å². The van der Waals surface area contributed by atoms with Crippen LogP contribution in [0, 0.1) is 0 Å². The van der Waals surface area contributed by atoms with Gasteiger partial charge in [-0.15, -0.1) is 6.58 Å². The molecule has 0 saturated carbocycles. The molecule has 0 bridgehead atoms. The summed E-state index contributed by atoms with van der Waals surface area (Å²) >= 11 is 0. The van der Waals surface area contributed by atoms with Crippen molar-refractivity contribution in [1.29, 1.82) is 0 Å². The smallest absolute Gasteiger partial charge is 0.194 e. The number of unbranched alkanes of at least 4 members (excludes halogenated alkanes) is 1. The monoisotopic (exact) mass is 454 g/mol. The Labute approximate surface area is 200 Å². The largest absolute Gasteiger partial charge is 0.384 e. The van der Waals surface area contributed by atoms with Crippen LogP contribution in [0.4, 0.5) is 0 Å². The van der Waals surface area contributed by atoms with Crippen molar-refractivity contribution in [3.05, 3.63) is 105 Å². The van der Waals surface area contributed by atoms with Crippen molar-refractivity contribution in [1.82, 2.24) is 0 Å². The third kappa shape index (κ3) is 4.03. The van der Waals surface area contributed by atoms with E-state index in [1.807, 2.05) is 32.0 Å². The number of Topliss-reactive ketones (excluding diaryl/α,β-unsaturated/α-hetero) is 3. The first-order chi connectivity index (χ1) is 16.3. The minimum atomic E-state index is -0.996. The van der Waals surface area contributed by atoms with Crippen LogP contribution in [0.2, 0.25) is 0 Å². The van der Waals surface area contributed by atoms with E-state index in [9.17, 15) is 19.5 Å². The highest BCUT2D eigenvalue weighted by molar-refractivity contribution is 6.33. The molecule has 0 amide bonds. The van der Waals surface area contributed by atoms with E-state index in [1.165, 1.54) is 0 Å². The second-order valence-corrected chi connectivity index (χ2v) is 9.32. The molecule has 0 fully saturated rings. The lowest BCUT2D eigenvalue weighted by Crippen LogP contribution is -2.29. The Hall–Kier alpha value is -3.37. The summed E-state index contributed by atoms with van der Waals surface area (Å²) in [5, 5.41) is 11.4. The minimum Gasteiger partial charge on any atom is -0.384 e. The van der Waals surface area contributed by atoms with Gasteiger partial charge in [-0.25, -0.2) is 0 Å². The van der Waals surface area contributed by atoms with Gasteiger partial charge in [-0.3, -0.25) is 14.4 Å². The van der Waals surface area contributed by atoms with E-state index >= 15 is 0 Å². The molecule has 2 aromatic rings. The summed E-state index contributed by atoms with van der Waals surface area (Å²) < 4.78 is 0. The molecular formula is C30H30O4. The van der Waals surface area contributed by atoms with Gasteiger partial charge in [0.25, 0.3) is 0 Å². The topological polar surface area (TPSA) is 71.4 Å². The van der Waals surface area contributed by atoms with Gasteiger partial charge >= 0.3 is 0 Å². The van der Waals surface area contributed by atoms with Crippen LogP contribution in [0.5, 0.6) is 0 Å². The predicted octanol–water partition coefficient (Wildman–Crippen LogP) is 6.31. The van der Waals surface area contributed by atoms with Crippen molar-refractivity contribution in [2.75, 3.05) is 0 Å². The van der Waals surface area contributed by atoms with E-state index in [0.717, 1.165) is 36.8 Å². The van der Waals surface area contributed by atoms with Gasteiger partial charge in [0.2, 0.25) is 0 Å². The molecule has 0 aromatic heterocycles. The SMILES string of the molecule is C=C(C)CCc1ccc2c(c1)C(=O)C(C1=C(C)C(=O)c3ccccc3C1=O)=C(CCCC)C2O. The van der Waals surface area contributed by atoms with E-state index < -0.39 is 6.10 Å². The molecular weight excluding hydrogens is 424 g/mol. The van der Waals surface area contributed by atoms with Gasteiger partial charge in [0, 0.05) is 33.4 Å². The molecule has 4 rings (SSSR count). The molecule has 0 spiro atoms. The lowest BCUT2D eigenvalue weighted by atomic mass is 9.73. The van der Waals surface area contributed by atoms with E-state index in [0.29, 0.717) is 34.2 Å². The molecule has 1 N–H and O–H groups in total. The van der Waals surface area contributed by atoms with Gasteiger partial charge in [-0.1, -0.05) is 55.3 Å². The number of hydrogen-bond donors (Lipinski definition) is 1. The molecule has 0 radical (unpaired) electrons. The van der Waals surface area contributed by atoms with Crippen molar-refractivity contribution in [3.63, 3.8) is 0 Å². The third-order valence-corrected chi connectivity index (χ3v) is 6.78. The lowest BCUT2D eigenvalue weighted by Gasteiger charge is -2.30. The molecule has 4 heteroatoms. The van der Waals surface area contributed by atoms with Crippen molar-refractivity contribution < 1.29 is 19.5 Å². The Morgan fingerprint density at radius 3 is 2.21 bits per heavy atom.